The second-order valence-electron chi connectivity index (χ2n) is 7.16. The Bertz CT molecular complexity index is 1160. The van der Waals surface area contributed by atoms with Crippen LogP contribution in [0.15, 0.2) is 60.3 Å². The van der Waals surface area contributed by atoms with Crippen LogP contribution in [0.4, 0.5) is 5.69 Å². The van der Waals surface area contributed by atoms with E-state index in [1.165, 1.54) is 11.8 Å². The number of nitrogens with zero attached hydrogens (tertiary/aromatic N) is 3. The van der Waals surface area contributed by atoms with Crippen molar-refractivity contribution in [2.75, 3.05) is 18.2 Å². The maximum absolute atomic E-state index is 12.6. The van der Waals surface area contributed by atoms with Crippen LogP contribution in [-0.4, -0.2) is 39.4 Å². The number of anilines is 1. The number of carbonyl (C=O) groups excluding carboxylic acids is 2. The van der Waals surface area contributed by atoms with Crippen LogP contribution in [0.5, 0.6) is 5.75 Å². The van der Waals surface area contributed by atoms with Gasteiger partial charge in [0.05, 0.1) is 18.9 Å². The van der Waals surface area contributed by atoms with E-state index in [0.29, 0.717) is 44.6 Å². The van der Waals surface area contributed by atoms with Crippen LogP contribution in [-0.2, 0) is 11.3 Å². The number of ether oxygens (including phenoxy) is 1. The van der Waals surface area contributed by atoms with Crippen LogP contribution in [0.25, 0.3) is 0 Å². The summed E-state index contributed by atoms with van der Waals surface area (Å²) in [5, 5.41) is 15.5. The van der Waals surface area contributed by atoms with Crippen LogP contribution in [0.2, 0.25) is 10.0 Å². The van der Waals surface area contributed by atoms with Gasteiger partial charge in [0.1, 0.15) is 5.75 Å². The van der Waals surface area contributed by atoms with E-state index in [1.54, 1.807) is 60.2 Å². The van der Waals surface area contributed by atoms with Gasteiger partial charge in [-0.3, -0.25) is 9.59 Å². The third kappa shape index (κ3) is 6.75. The molecule has 3 aromatic rings. The number of halogens is 2. The second-order valence-corrected chi connectivity index (χ2v) is 8.97. The minimum absolute atomic E-state index is 0.0893. The third-order valence-electron chi connectivity index (χ3n) is 4.62. The molecule has 1 heterocycles. The molecule has 0 spiro atoms. The maximum atomic E-state index is 12.6. The molecule has 0 radical (unpaired) electrons. The summed E-state index contributed by atoms with van der Waals surface area (Å²) in [7, 11) is 1.57. The molecule has 0 saturated carbocycles. The van der Waals surface area contributed by atoms with Crippen molar-refractivity contribution in [2.45, 2.75) is 24.7 Å². The van der Waals surface area contributed by atoms with Gasteiger partial charge in [-0.05, 0) is 49.4 Å². The average Bonchev–Trinajstić information content (AvgIpc) is 3.20. The number of allylic oxidation sites excluding steroid dienone is 1. The van der Waals surface area contributed by atoms with Crippen molar-refractivity contribution in [3.63, 3.8) is 0 Å². The molecule has 1 atom stereocenters. The summed E-state index contributed by atoms with van der Waals surface area (Å²) < 4.78 is 6.93. The number of benzene rings is 2. The van der Waals surface area contributed by atoms with Crippen LogP contribution < -0.4 is 15.4 Å². The molecule has 0 aliphatic carbocycles. The highest BCUT2D eigenvalue weighted by Gasteiger charge is 2.20. The summed E-state index contributed by atoms with van der Waals surface area (Å²) in [5.74, 6) is 0.799. The molecule has 0 aliphatic rings. The van der Waals surface area contributed by atoms with E-state index in [9.17, 15) is 9.59 Å². The summed E-state index contributed by atoms with van der Waals surface area (Å²) >= 11 is 13.2. The van der Waals surface area contributed by atoms with Gasteiger partial charge in [0.25, 0.3) is 5.91 Å². The Morgan fingerprint density at radius 3 is 2.47 bits per heavy atom. The van der Waals surface area contributed by atoms with Crippen LogP contribution >= 0.6 is 35.0 Å². The number of nitrogens with one attached hydrogen (secondary N) is 2. The number of rotatable bonds is 10. The molecule has 0 aliphatic heterocycles. The van der Waals surface area contributed by atoms with E-state index in [-0.39, 0.29) is 17.6 Å². The van der Waals surface area contributed by atoms with E-state index in [2.05, 4.69) is 27.4 Å². The van der Waals surface area contributed by atoms with Gasteiger partial charge in [0.15, 0.2) is 11.0 Å². The molecule has 1 aromatic heterocycles. The zero-order chi connectivity index (χ0) is 24.7. The largest absolute Gasteiger partial charge is 0.497 e. The van der Waals surface area contributed by atoms with Crippen LogP contribution in [0, 0.1) is 0 Å². The number of hydrogen-bond donors (Lipinski definition) is 2. The molecule has 0 unspecified atom stereocenters. The van der Waals surface area contributed by atoms with Crippen molar-refractivity contribution < 1.29 is 14.3 Å². The quantitative estimate of drug-likeness (QED) is 0.288. The van der Waals surface area contributed by atoms with Gasteiger partial charge in [-0.15, -0.1) is 16.8 Å². The Hall–Kier alpha value is -3.01. The zero-order valence-corrected chi connectivity index (χ0v) is 20.9. The summed E-state index contributed by atoms with van der Waals surface area (Å²) in [5.41, 5.74) is 1.00. The highest BCUT2D eigenvalue weighted by molar-refractivity contribution is 7.99. The highest BCUT2D eigenvalue weighted by atomic mass is 35.5. The van der Waals surface area contributed by atoms with Gasteiger partial charge in [0.2, 0.25) is 5.91 Å². The number of hydrogen-bond acceptors (Lipinski definition) is 6. The van der Waals surface area contributed by atoms with Crippen LogP contribution in [0.1, 0.15) is 29.1 Å². The molecule has 2 aromatic carbocycles. The van der Waals surface area contributed by atoms with Crippen molar-refractivity contribution in [1.82, 2.24) is 20.1 Å². The molecule has 34 heavy (non-hydrogen) atoms. The molecular weight excluding hydrogens is 497 g/mol. The highest BCUT2D eigenvalue weighted by Crippen LogP contribution is 2.24. The summed E-state index contributed by atoms with van der Waals surface area (Å²) in [4.78, 5) is 25.0. The first-order chi connectivity index (χ1) is 16.3. The van der Waals surface area contributed by atoms with Gasteiger partial charge >= 0.3 is 0 Å². The van der Waals surface area contributed by atoms with Gasteiger partial charge in [0, 0.05) is 27.8 Å². The number of thioether (sulfide) groups is 1. The SMILES string of the molecule is C=CCn1c(SCC(=O)Nc2cc(Cl)cc(Cl)c2)nnc1[C@@H](C)NC(=O)c1ccc(OC)cc1. The zero-order valence-electron chi connectivity index (χ0n) is 18.5. The number of amides is 2. The van der Waals surface area contributed by atoms with Crippen LogP contribution in [0.3, 0.4) is 0 Å². The Labute approximate surface area is 211 Å². The molecule has 0 fully saturated rings. The average molecular weight is 520 g/mol. The first-order valence-electron chi connectivity index (χ1n) is 10.2. The second kappa shape index (κ2) is 11.9. The van der Waals surface area contributed by atoms with E-state index in [4.69, 9.17) is 27.9 Å². The fraction of sp³-hybridized carbons (Fsp3) is 0.217. The maximum Gasteiger partial charge on any atom is 0.251 e. The molecule has 3 rings (SSSR count). The van der Waals surface area contributed by atoms with Crippen molar-refractivity contribution in [1.29, 1.82) is 0 Å². The number of aromatic nitrogens is 3. The number of methoxy groups -OCH3 is 1. The molecular formula is C23H23Cl2N5O3S. The van der Waals surface area contributed by atoms with E-state index < -0.39 is 6.04 Å². The summed E-state index contributed by atoms with van der Waals surface area (Å²) in [6, 6.07) is 11.2. The van der Waals surface area contributed by atoms with Crippen molar-refractivity contribution in [2.24, 2.45) is 0 Å². The smallest absolute Gasteiger partial charge is 0.251 e. The standard InChI is InChI=1S/C23H23Cl2N5O3S/c1-4-9-30-21(14(2)26-22(32)15-5-7-19(33-3)8-6-15)28-29-23(30)34-13-20(31)27-18-11-16(24)10-17(25)12-18/h4-8,10-12,14H,1,9,13H2,2-3H3,(H,26,32)(H,27,31)/t14-/m1/s1. The molecule has 178 valence electrons. The Kier molecular flexibility index (Phi) is 8.98. The molecule has 11 heteroatoms. The predicted molar refractivity (Wildman–Crippen MR) is 135 cm³/mol. The normalized spacial score (nSPS) is 11.5. The first-order valence-corrected chi connectivity index (χ1v) is 11.9. The van der Waals surface area contributed by atoms with Crippen molar-refractivity contribution >= 4 is 52.5 Å². The number of carbonyl (C=O) groups is 2. The van der Waals surface area contributed by atoms with Gasteiger partial charge in [-0.2, -0.15) is 0 Å². The molecule has 2 amide bonds. The molecule has 8 nitrogen and oxygen atoms in total. The topological polar surface area (TPSA) is 98.1 Å². The molecule has 2 N–H and O–H groups in total. The fourth-order valence-corrected chi connectivity index (χ4v) is 4.35. The lowest BCUT2D eigenvalue weighted by Crippen LogP contribution is -2.28. The third-order valence-corrected chi connectivity index (χ3v) is 6.03. The lowest BCUT2D eigenvalue weighted by molar-refractivity contribution is -0.113. The Balaban J connectivity index is 1.66. The fourth-order valence-electron chi connectivity index (χ4n) is 3.07. The molecule has 0 bridgehead atoms. The monoisotopic (exact) mass is 519 g/mol. The lowest BCUT2D eigenvalue weighted by Gasteiger charge is -2.15. The van der Waals surface area contributed by atoms with E-state index >= 15 is 0 Å². The minimum atomic E-state index is -0.432. The van der Waals surface area contributed by atoms with Gasteiger partial charge < -0.3 is 19.9 Å². The predicted octanol–water partition coefficient (Wildman–Crippen LogP) is 5.00. The van der Waals surface area contributed by atoms with E-state index in [0.717, 1.165) is 0 Å². The lowest BCUT2D eigenvalue weighted by atomic mass is 10.2. The molecule has 0 saturated heterocycles. The van der Waals surface area contributed by atoms with Crippen molar-refractivity contribution in [3.8, 4) is 5.75 Å². The summed E-state index contributed by atoms with van der Waals surface area (Å²) in [6.45, 7) is 6.01. The first kappa shape index (κ1) is 25.6. The Morgan fingerprint density at radius 2 is 1.85 bits per heavy atom. The Morgan fingerprint density at radius 1 is 1.18 bits per heavy atom. The van der Waals surface area contributed by atoms with Gasteiger partial charge in [-0.1, -0.05) is 41.0 Å². The minimum Gasteiger partial charge on any atom is -0.497 e. The van der Waals surface area contributed by atoms with Gasteiger partial charge in [-0.25, -0.2) is 0 Å². The van der Waals surface area contributed by atoms with Crippen molar-refractivity contribution in [3.05, 3.63) is 76.6 Å². The van der Waals surface area contributed by atoms with E-state index in [1.807, 2.05) is 6.92 Å². The summed E-state index contributed by atoms with van der Waals surface area (Å²) in [6.07, 6.45) is 1.70.